The van der Waals surface area contributed by atoms with Gasteiger partial charge < -0.3 is 9.73 Å². The van der Waals surface area contributed by atoms with Crippen LogP contribution in [0.2, 0.25) is 0 Å². The molecule has 1 N–H and O–H groups in total. The Morgan fingerprint density at radius 3 is 2.56 bits per heavy atom. The summed E-state index contributed by atoms with van der Waals surface area (Å²) < 4.78 is 5.64. The standard InChI is InChI=1S/C15H28N2O/c1-6-16-9-14-7-8-18-15(14)11-17(13(4)5)10-12(2)3/h7-8,12-13,16H,6,9-11H2,1-5H3. The molecule has 1 rings (SSSR count). The van der Waals surface area contributed by atoms with Gasteiger partial charge in [-0.05, 0) is 32.4 Å². The number of nitrogens with zero attached hydrogens (tertiary/aromatic N) is 1. The maximum atomic E-state index is 5.64. The zero-order valence-corrected chi connectivity index (χ0v) is 12.5. The van der Waals surface area contributed by atoms with Crippen LogP contribution >= 0.6 is 0 Å². The molecule has 0 unspecified atom stereocenters. The summed E-state index contributed by atoms with van der Waals surface area (Å²) in [6.07, 6.45) is 1.80. The average Bonchev–Trinajstić information content (AvgIpc) is 2.72. The first-order valence-electron chi connectivity index (χ1n) is 7.04. The van der Waals surface area contributed by atoms with Crippen molar-refractivity contribution < 1.29 is 4.42 Å². The third-order valence-corrected chi connectivity index (χ3v) is 3.08. The third-order valence-electron chi connectivity index (χ3n) is 3.08. The highest BCUT2D eigenvalue weighted by Crippen LogP contribution is 2.16. The molecule has 0 spiro atoms. The molecule has 0 radical (unpaired) electrons. The Morgan fingerprint density at radius 1 is 1.28 bits per heavy atom. The van der Waals surface area contributed by atoms with Gasteiger partial charge in [-0.1, -0.05) is 20.8 Å². The van der Waals surface area contributed by atoms with E-state index in [1.807, 2.05) is 0 Å². The summed E-state index contributed by atoms with van der Waals surface area (Å²) in [6.45, 7) is 15.0. The second-order valence-corrected chi connectivity index (χ2v) is 5.57. The van der Waals surface area contributed by atoms with Gasteiger partial charge in [-0.15, -0.1) is 0 Å². The minimum Gasteiger partial charge on any atom is -0.468 e. The summed E-state index contributed by atoms with van der Waals surface area (Å²) in [5.41, 5.74) is 1.28. The lowest BCUT2D eigenvalue weighted by atomic mass is 10.1. The number of rotatable bonds is 8. The van der Waals surface area contributed by atoms with Crippen LogP contribution in [0.3, 0.4) is 0 Å². The van der Waals surface area contributed by atoms with Crippen molar-refractivity contribution in [1.29, 1.82) is 0 Å². The molecular formula is C15H28N2O. The van der Waals surface area contributed by atoms with Gasteiger partial charge in [0.25, 0.3) is 0 Å². The lowest BCUT2D eigenvalue weighted by Crippen LogP contribution is -2.33. The zero-order chi connectivity index (χ0) is 13.5. The van der Waals surface area contributed by atoms with Gasteiger partial charge in [-0.3, -0.25) is 4.90 Å². The Labute approximate surface area is 112 Å². The molecule has 1 heterocycles. The SMILES string of the molecule is CCNCc1ccoc1CN(CC(C)C)C(C)C. The molecule has 0 aromatic carbocycles. The Hall–Kier alpha value is -0.800. The molecule has 0 saturated carbocycles. The highest BCUT2D eigenvalue weighted by molar-refractivity contribution is 5.16. The van der Waals surface area contributed by atoms with Crippen LogP contribution in [0.25, 0.3) is 0 Å². The van der Waals surface area contributed by atoms with Crippen LogP contribution in [0.15, 0.2) is 16.7 Å². The minimum absolute atomic E-state index is 0.546. The number of hydrogen-bond acceptors (Lipinski definition) is 3. The molecule has 1 aromatic rings. The largest absolute Gasteiger partial charge is 0.468 e. The summed E-state index contributed by atoms with van der Waals surface area (Å²) in [5.74, 6) is 1.78. The molecule has 0 saturated heterocycles. The van der Waals surface area contributed by atoms with Crippen molar-refractivity contribution in [3.8, 4) is 0 Å². The first-order valence-corrected chi connectivity index (χ1v) is 7.04. The maximum Gasteiger partial charge on any atom is 0.122 e. The molecule has 3 heteroatoms. The molecule has 0 amide bonds. The van der Waals surface area contributed by atoms with E-state index in [-0.39, 0.29) is 0 Å². The second-order valence-electron chi connectivity index (χ2n) is 5.57. The Balaban J connectivity index is 2.65. The van der Waals surface area contributed by atoms with Crippen molar-refractivity contribution in [1.82, 2.24) is 10.2 Å². The summed E-state index contributed by atoms with van der Waals surface area (Å²) >= 11 is 0. The molecule has 0 aliphatic heterocycles. The summed E-state index contributed by atoms with van der Waals surface area (Å²) in [7, 11) is 0. The van der Waals surface area contributed by atoms with Crippen LogP contribution in [0.5, 0.6) is 0 Å². The number of nitrogens with one attached hydrogen (secondary N) is 1. The quantitative estimate of drug-likeness (QED) is 0.770. The molecule has 0 atom stereocenters. The highest BCUT2D eigenvalue weighted by atomic mass is 16.3. The topological polar surface area (TPSA) is 28.4 Å². The fourth-order valence-electron chi connectivity index (χ4n) is 2.03. The van der Waals surface area contributed by atoms with Gasteiger partial charge in [0.1, 0.15) is 5.76 Å². The second kappa shape index (κ2) is 7.59. The fourth-order valence-corrected chi connectivity index (χ4v) is 2.03. The van der Waals surface area contributed by atoms with Crippen LogP contribution in [0.4, 0.5) is 0 Å². The Morgan fingerprint density at radius 2 is 2.00 bits per heavy atom. The van der Waals surface area contributed by atoms with Gasteiger partial charge in [-0.25, -0.2) is 0 Å². The van der Waals surface area contributed by atoms with Crippen molar-refractivity contribution >= 4 is 0 Å². The van der Waals surface area contributed by atoms with Crippen molar-refractivity contribution in [3.63, 3.8) is 0 Å². The summed E-state index contributed by atoms with van der Waals surface area (Å²) in [6, 6.07) is 2.62. The Kier molecular flexibility index (Phi) is 6.44. The fraction of sp³-hybridized carbons (Fsp3) is 0.733. The first kappa shape index (κ1) is 15.3. The van der Waals surface area contributed by atoms with E-state index in [9.17, 15) is 0 Å². The van der Waals surface area contributed by atoms with E-state index < -0.39 is 0 Å². The third kappa shape index (κ3) is 4.83. The normalized spacial score (nSPS) is 12.0. The van der Waals surface area contributed by atoms with E-state index in [1.165, 1.54) is 5.56 Å². The van der Waals surface area contributed by atoms with Gasteiger partial charge in [0.2, 0.25) is 0 Å². The van der Waals surface area contributed by atoms with Gasteiger partial charge in [0.05, 0.1) is 12.8 Å². The van der Waals surface area contributed by atoms with Crippen molar-refractivity contribution in [2.45, 2.75) is 53.8 Å². The molecule has 1 aromatic heterocycles. The first-order chi connectivity index (χ1) is 8.54. The molecule has 0 bridgehead atoms. The van der Waals surface area contributed by atoms with E-state index in [2.05, 4.69) is 50.9 Å². The predicted octanol–water partition coefficient (Wildman–Crippen LogP) is 3.26. The lowest BCUT2D eigenvalue weighted by molar-refractivity contribution is 0.174. The van der Waals surface area contributed by atoms with E-state index in [0.717, 1.165) is 31.9 Å². The van der Waals surface area contributed by atoms with Crippen LogP contribution in [-0.2, 0) is 13.1 Å². The van der Waals surface area contributed by atoms with E-state index in [4.69, 9.17) is 4.42 Å². The van der Waals surface area contributed by atoms with Crippen molar-refractivity contribution in [2.24, 2.45) is 5.92 Å². The number of furan rings is 1. The average molecular weight is 252 g/mol. The lowest BCUT2D eigenvalue weighted by Gasteiger charge is -2.27. The highest BCUT2D eigenvalue weighted by Gasteiger charge is 2.15. The zero-order valence-electron chi connectivity index (χ0n) is 12.5. The molecule has 104 valence electrons. The molecule has 18 heavy (non-hydrogen) atoms. The molecule has 0 aliphatic carbocycles. The smallest absolute Gasteiger partial charge is 0.122 e. The summed E-state index contributed by atoms with van der Waals surface area (Å²) in [4.78, 5) is 2.47. The van der Waals surface area contributed by atoms with Gasteiger partial charge in [0, 0.05) is 24.7 Å². The molecular weight excluding hydrogens is 224 g/mol. The van der Waals surface area contributed by atoms with Crippen LogP contribution < -0.4 is 5.32 Å². The molecule has 0 aliphatic rings. The van der Waals surface area contributed by atoms with Crippen molar-refractivity contribution in [3.05, 3.63) is 23.7 Å². The van der Waals surface area contributed by atoms with Crippen LogP contribution in [0.1, 0.15) is 45.9 Å². The van der Waals surface area contributed by atoms with E-state index in [1.54, 1.807) is 6.26 Å². The monoisotopic (exact) mass is 252 g/mol. The van der Waals surface area contributed by atoms with Gasteiger partial charge >= 0.3 is 0 Å². The minimum atomic E-state index is 0.546. The summed E-state index contributed by atoms with van der Waals surface area (Å²) in [5, 5.41) is 3.36. The van der Waals surface area contributed by atoms with Crippen LogP contribution in [-0.4, -0.2) is 24.0 Å². The van der Waals surface area contributed by atoms with E-state index >= 15 is 0 Å². The molecule has 0 fully saturated rings. The molecule has 3 nitrogen and oxygen atoms in total. The predicted molar refractivity (Wildman–Crippen MR) is 76.5 cm³/mol. The van der Waals surface area contributed by atoms with Crippen molar-refractivity contribution in [2.75, 3.05) is 13.1 Å². The van der Waals surface area contributed by atoms with Crippen LogP contribution in [0, 0.1) is 5.92 Å². The maximum absolute atomic E-state index is 5.64. The van der Waals surface area contributed by atoms with Gasteiger partial charge in [0.15, 0.2) is 0 Å². The van der Waals surface area contributed by atoms with E-state index in [0.29, 0.717) is 12.0 Å². The number of hydrogen-bond donors (Lipinski definition) is 1. The van der Waals surface area contributed by atoms with Gasteiger partial charge in [-0.2, -0.15) is 0 Å². The Bertz CT molecular complexity index is 331.